The molecule has 0 amide bonds. The minimum atomic E-state index is -0.375. The van der Waals surface area contributed by atoms with Gasteiger partial charge in [0.05, 0.1) is 12.2 Å². The van der Waals surface area contributed by atoms with Crippen molar-refractivity contribution in [3.05, 3.63) is 66.3 Å². The molecule has 1 aliphatic heterocycles. The van der Waals surface area contributed by atoms with E-state index in [1.807, 2.05) is 30.1 Å². The Morgan fingerprint density at radius 1 is 1.09 bits per heavy atom. The van der Waals surface area contributed by atoms with Gasteiger partial charge in [0, 0.05) is 37.2 Å². The largest absolute Gasteiger partial charge is 0.393 e. The van der Waals surface area contributed by atoms with Crippen molar-refractivity contribution in [2.45, 2.75) is 42.6 Å². The summed E-state index contributed by atoms with van der Waals surface area (Å²) in [7, 11) is 0. The summed E-state index contributed by atoms with van der Waals surface area (Å²) < 4.78 is 0. The molecule has 3 rings (SSSR count). The number of pyridine rings is 1. The second kappa shape index (κ2) is 10.1. The average molecular weight is 509 g/mol. The number of aliphatic hydroxyl groups is 2. The van der Waals surface area contributed by atoms with Crippen LogP contribution in [0.5, 0.6) is 0 Å². The van der Waals surface area contributed by atoms with Gasteiger partial charge in [-0.15, -0.1) is 12.1 Å². The zero-order valence-electron chi connectivity index (χ0n) is 13.2. The van der Waals surface area contributed by atoms with Crippen LogP contribution >= 0.6 is 11.8 Å². The Morgan fingerprint density at radius 2 is 1.74 bits per heavy atom. The first-order valence-electron chi connectivity index (χ1n) is 7.44. The maximum atomic E-state index is 8.56. The van der Waals surface area contributed by atoms with Crippen molar-refractivity contribution < 1.29 is 30.3 Å². The smallest absolute Gasteiger partial charge is 0.0536 e. The Kier molecular flexibility index (Phi) is 8.88. The van der Waals surface area contributed by atoms with Gasteiger partial charge in [0.2, 0.25) is 0 Å². The molecule has 3 atom stereocenters. The summed E-state index contributed by atoms with van der Waals surface area (Å²) in [5.41, 5.74) is 2.47. The van der Waals surface area contributed by atoms with Gasteiger partial charge in [0.1, 0.15) is 0 Å². The molecule has 0 aliphatic carbocycles. The Balaban J connectivity index is 0.000000287. The van der Waals surface area contributed by atoms with Gasteiger partial charge in [0.15, 0.2) is 0 Å². The molecule has 1 radical (unpaired) electrons. The molecule has 2 N–H and O–H groups in total. The van der Waals surface area contributed by atoms with E-state index in [4.69, 9.17) is 10.2 Å². The molecule has 2 heterocycles. The Labute approximate surface area is 155 Å². The van der Waals surface area contributed by atoms with E-state index in [0.29, 0.717) is 11.7 Å². The van der Waals surface area contributed by atoms with Gasteiger partial charge in [0.25, 0.3) is 0 Å². The molecule has 1 aromatic heterocycles. The number of rotatable bonds is 3. The van der Waals surface area contributed by atoms with Crippen LogP contribution in [0.2, 0.25) is 0 Å². The number of hydrogen-bond donors (Lipinski definition) is 2. The van der Waals surface area contributed by atoms with Crippen molar-refractivity contribution in [2.75, 3.05) is 0 Å². The quantitative estimate of drug-likeness (QED) is 0.622. The molecular formula is C18H22IrNO2S-. The van der Waals surface area contributed by atoms with Gasteiger partial charge >= 0.3 is 0 Å². The number of benzene rings is 1. The van der Waals surface area contributed by atoms with Crippen LogP contribution in [-0.4, -0.2) is 27.4 Å². The van der Waals surface area contributed by atoms with Crippen molar-refractivity contribution in [3.63, 3.8) is 0 Å². The zero-order chi connectivity index (χ0) is 15.9. The van der Waals surface area contributed by atoms with E-state index < -0.39 is 0 Å². The monoisotopic (exact) mass is 509 g/mol. The van der Waals surface area contributed by atoms with Crippen molar-refractivity contribution in [1.29, 1.82) is 0 Å². The first-order valence-corrected chi connectivity index (χ1v) is 8.32. The molecule has 3 unspecified atom stereocenters. The Hall–Kier alpha value is -0.841. The molecule has 3 nitrogen and oxygen atoms in total. The maximum Gasteiger partial charge on any atom is 0.0536 e. The zero-order valence-corrected chi connectivity index (χ0v) is 16.4. The molecule has 1 aliphatic rings. The van der Waals surface area contributed by atoms with E-state index in [2.05, 4.69) is 41.7 Å². The van der Waals surface area contributed by atoms with Crippen LogP contribution in [-0.2, 0) is 20.1 Å². The predicted molar refractivity (Wildman–Crippen MR) is 90.7 cm³/mol. The first kappa shape index (κ1) is 20.2. The standard InChI is InChI=1S/C13H10NS.C5H12O2.Ir/c1-2-7-12-10(5-1)9-13(15-12)11-6-3-4-8-14-11;1-4(6)3-5(2)7;/h1-9,13H;4-7H,3H2,1-2H3;/q-1;;. The third-order valence-electron chi connectivity index (χ3n) is 3.17. The van der Waals surface area contributed by atoms with Gasteiger partial charge in [-0.2, -0.15) is 29.8 Å². The third kappa shape index (κ3) is 6.66. The molecule has 0 spiro atoms. The molecular weight excluding hydrogens is 486 g/mol. The molecule has 1 aromatic carbocycles. The number of hydrogen-bond acceptors (Lipinski definition) is 4. The molecule has 0 fully saturated rings. The fraction of sp³-hybridized carbons (Fsp3) is 0.333. The minimum absolute atomic E-state index is 0. The topological polar surface area (TPSA) is 53.4 Å². The number of thioether (sulfide) groups is 1. The summed E-state index contributed by atoms with van der Waals surface area (Å²) in [6.07, 6.45) is 3.86. The average Bonchev–Trinajstić information content (AvgIpc) is 2.91. The molecule has 0 saturated carbocycles. The molecule has 5 heteroatoms. The molecule has 2 aromatic rings. The Bertz CT molecular complexity index is 547. The van der Waals surface area contributed by atoms with E-state index >= 15 is 0 Å². The van der Waals surface area contributed by atoms with Crippen LogP contribution < -0.4 is 0 Å². The molecule has 23 heavy (non-hydrogen) atoms. The van der Waals surface area contributed by atoms with Gasteiger partial charge in [-0.3, -0.25) is 4.98 Å². The van der Waals surface area contributed by atoms with Crippen LogP contribution in [0.3, 0.4) is 0 Å². The maximum absolute atomic E-state index is 8.56. The number of nitrogens with zero attached hydrogens (tertiary/aromatic N) is 1. The van der Waals surface area contributed by atoms with E-state index in [-0.39, 0.29) is 32.3 Å². The second-order valence-corrected chi connectivity index (χ2v) is 6.61. The number of aromatic nitrogens is 1. The van der Waals surface area contributed by atoms with Crippen LogP contribution in [0.1, 0.15) is 36.8 Å². The molecule has 0 bridgehead atoms. The SMILES string of the molecule is CC(O)CC(C)O.[Ir].c1ccc(C2[CH-]c3ccccc3S2)nc1. The van der Waals surface area contributed by atoms with E-state index in [0.717, 1.165) is 5.69 Å². The summed E-state index contributed by atoms with van der Waals surface area (Å²) in [5, 5.41) is 17.5. The van der Waals surface area contributed by atoms with Crippen molar-refractivity contribution in [2.24, 2.45) is 0 Å². The van der Waals surface area contributed by atoms with Crippen LogP contribution in [0.25, 0.3) is 0 Å². The summed E-state index contributed by atoms with van der Waals surface area (Å²) in [6.45, 7) is 3.32. The summed E-state index contributed by atoms with van der Waals surface area (Å²) in [4.78, 5) is 5.75. The van der Waals surface area contributed by atoms with E-state index in [9.17, 15) is 0 Å². The summed E-state index contributed by atoms with van der Waals surface area (Å²) in [5.74, 6) is 0. The van der Waals surface area contributed by atoms with Crippen molar-refractivity contribution >= 4 is 11.8 Å². The third-order valence-corrected chi connectivity index (χ3v) is 4.42. The molecule has 127 valence electrons. The first-order chi connectivity index (χ1) is 10.6. The van der Waals surface area contributed by atoms with E-state index in [1.165, 1.54) is 10.5 Å². The van der Waals surface area contributed by atoms with Crippen LogP contribution in [0.4, 0.5) is 0 Å². The minimum Gasteiger partial charge on any atom is -0.393 e. The van der Waals surface area contributed by atoms with Gasteiger partial charge in [-0.1, -0.05) is 17.0 Å². The van der Waals surface area contributed by atoms with Gasteiger partial charge < -0.3 is 10.2 Å². The Morgan fingerprint density at radius 3 is 2.26 bits per heavy atom. The number of fused-ring (bicyclic) bond motifs is 1. The van der Waals surface area contributed by atoms with Gasteiger partial charge in [-0.05, 0) is 32.4 Å². The summed E-state index contributed by atoms with van der Waals surface area (Å²) >= 11 is 1.87. The predicted octanol–water partition coefficient (Wildman–Crippen LogP) is 3.62. The van der Waals surface area contributed by atoms with Gasteiger partial charge in [-0.25, -0.2) is 0 Å². The van der Waals surface area contributed by atoms with Crippen LogP contribution in [0, 0.1) is 6.42 Å². The number of aliphatic hydroxyl groups excluding tert-OH is 2. The fourth-order valence-corrected chi connectivity index (χ4v) is 3.42. The van der Waals surface area contributed by atoms with Crippen molar-refractivity contribution in [1.82, 2.24) is 4.98 Å². The fourth-order valence-electron chi connectivity index (χ4n) is 2.24. The normalized spacial score (nSPS) is 17.7. The van der Waals surface area contributed by atoms with Crippen molar-refractivity contribution in [3.8, 4) is 0 Å². The molecule has 0 saturated heterocycles. The van der Waals surface area contributed by atoms with Crippen LogP contribution in [0.15, 0.2) is 53.6 Å². The second-order valence-electron chi connectivity index (χ2n) is 5.43. The van der Waals surface area contributed by atoms with E-state index in [1.54, 1.807) is 13.8 Å². The summed E-state index contributed by atoms with van der Waals surface area (Å²) in [6, 6.07) is 14.6.